The molecule has 1 heterocycles. The number of benzene rings is 1. The molecule has 0 aromatic heterocycles. The molecule has 88 valence electrons. The van der Waals surface area contributed by atoms with Gasteiger partial charge in [0, 0.05) is 6.54 Å². The molecule has 1 nitrogen and oxygen atoms in total. The third-order valence-corrected chi connectivity index (χ3v) is 4.76. The molecule has 1 fully saturated rings. The van der Waals surface area contributed by atoms with Crippen molar-refractivity contribution in [3.8, 4) is 0 Å². The SMILES string of the molecule is CC(c1ccc(CN)cc1)C1CCSCC1. The van der Waals surface area contributed by atoms with Gasteiger partial charge in [-0.3, -0.25) is 0 Å². The summed E-state index contributed by atoms with van der Waals surface area (Å²) in [6.07, 6.45) is 2.76. The van der Waals surface area contributed by atoms with Crippen LogP contribution in [0.2, 0.25) is 0 Å². The maximum atomic E-state index is 5.62. The van der Waals surface area contributed by atoms with E-state index < -0.39 is 0 Å². The summed E-state index contributed by atoms with van der Waals surface area (Å²) >= 11 is 2.10. The summed E-state index contributed by atoms with van der Waals surface area (Å²) in [5.74, 6) is 4.27. The molecule has 16 heavy (non-hydrogen) atoms. The second kappa shape index (κ2) is 5.74. The van der Waals surface area contributed by atoms with Crippen LogP contribution in [-0.4, -0.2) is 11.5 Å². The Labute approximate surface area is 103 Å². The van der Waals surface area contributed by atoms with Crippen molar-refractivity contribution < 1.29 is 0 Å². The van der Waals surface area contributed by atoms with Crippen LogP contribution in [0.4, 0.5) is 0 Å². The van der Waals surface area contributed by atoms with Crippen LogP contribution in [0.15, 0.2) is 24.3 Å². The van der Waals surface area contributed by atoms with E-state index in [1.165, 1.54) is 35.5 Å². The first-order valence-electron chi connectivity index (χ1n) is 6.18. The molecule has 1 saturated heterocycles. The minimum Gasteiger partial charge on any atom is -0.326 e. The van der Waals surface area contributed by atoms with E-state index in [2.05, 4.69) is 43.0 Å². The van der Waals surface area contributed by atoms with E-state index in [9.17, 15) is 0 Å². The number of rotatable bonds is 3. The quantitative estimate of drug-likeness (QED) is 0.869. The van der Waals surface area contributed by atoms with Gasteiger partial charge in [0.15, 0.2) is 0 Å². The highest BCUT2D eigenvalue weighted by Gasteiger charge is 2.21. The molecule has 0 amide bonds. The fraction of sp³-hybridized carbons (Fsp3) is 0.571. The van der Waals surface area contributed by atoms with Crippen LogP contribution in [0.3, 0.4) is 0 Å². The van der Waals surface area contributed by atoms with Gasteiger partial charge in [-0.25, -0.2) is 0 Å². The lowest BCUT2D eigenvalue weighted by molar-refractivity contribution is 0.417. The molecule has 0 saturated carbocycles. The zero-order valence-corrected chi connectivity index (χ0v) is 10.8. The number of hydrogen-bond donors (Lipinski definition) is 1. The van der Waals surface area contributed by atoms with Gasteiger partial charge < -0.3 is 5.73 Å². The van der Waals surface area contributed by atoms with Crippen LogP contribution in [-0.2, 0) is 6.54 Å². The van der Waals surface area contributed by atoms with E-state index in [0.717, 1.165) is 5.92 Å². The topological polar surface area (TPSA) is 26.0 Å². The zero-order valence-electron chi connectivity index (χ0n) is 9.99. The van der Waals surface area contributed by atoms with Gasteiger partial charge in [-0.05, 0) is 47.3 Å². The maximum absolute atomic E-state index is 5.62. The average Bonchev–Trinajstić information content (AvgIpc) is 2.39. The fourth-order valence-electron chi connectivity index (χ4n) is 2.45. The summed E-state index contributed by atoms with van der Waals surface area (Å²) in [4.78, 5) is 0. The molecule has 0 bridgehead atoms. The summed E-state index contributed by atoms with van der Waals surface area (Å²) < 4.78 is 0. The third-order valence-electron chi connectivity index (χ3n) is 3.71. The molecule has 1 aromatic carbocycles. The van der Waals surface area contributed by atoms with E-state index in [0.29, 0.717) is 12.5 Å². The van der Waals surface area contributed by atoms with E-state index in [4.69, 9.17) is 5.73 Å². The van der Waals surface area contributed by atoms with Crippen LogP contribution in [0, 0.1) is 5.92 Å². The molecule has 1 atom stereocenters. The van der Waals surface area contributed by atoms with Crippen LogP contribution in [0.5, 0.6) is 0 Å². The number of nitrogens with two attached hydrogens (primary N) is 1. The fourth-order valence-corrected chi connectivity index (χ4v) is 3.59. The standard InChI is InChI=1S/C14H21NS/c1-11(14-6-8-16-9-7-14)13-4-2-12(10-15)3-5-13/h2-5,11,14H,6-10,15H2,1H3. The Balaban J connectivity index is 2.04. The molecular formula is C14H21NS. The van der Waals surface area contributed by atoms with Crippen LogP contribution < -0.4 is 5.73 Å². The molecule has 0 aliphatic carbocycles. The Morgan fingerprint density at radius 3 is 2.44 bits per heavy atom. The lowest BCUT2D eigenvalue weighted by atomic mass is 9.83. The summed E-state index contributed by atoms with van der Waals surface area (Å²) in [6.45, 7) is 3.02. The van der Waals surface area contributed by atoms with Gasteiger partial charge in [0.2, 0.25) is 0 Å². The monoisotopic (exact) mass is 235 g/mol. The van der Waals surface area contributed by atoms with Crippen molar-refractivity contribution in [2.24, 2.45) is 11.7 Å². The van der Waals surface area contributed by atoms with Gasteiger partial charge in [0.05, 0.1) is 0 Å². The normalized spacial score (nSPS) is 19.6. The average molecular weight is 235 g/mol. The molecule has 0 spiro atoms. The Kier molecular flexibility index (Phi) is 4.30. The molecule has 1 aromatic rings. The van der Waals surface area contributed by atoms with Gasteiger partial charge in [-0.15, -0.1) is 0 Å². The molecule has 1 unspecified atom stereocenters. The third kappa shape index (κ3) is 2.80. The van der Waals surface area contributed by atoms with Crippen molar-refractivity contribution in [2.45, 2.75) is 32.2 Å². The lowest BCUT2D eigenvalue weighted by Crippen LogP contribution is -2.16. The molecular weight excluding hydrogens is 214 g/mol. The van der Waals surface area contributed by atoms with Crippen molar-refractivity contribution in [1.29, 1.82) is 0 Å². The van der Waals surface area contributed by atoms with E-state index in [1.54, 1.807) is 0 Å². The second-order valence-corrected chi connectivity index (χ2v) is 5.91. The van der Waals surface area contributed by atoms with E-state index >= 15 is 0 Å². The highest BCUT2D eigenvalue weighted by atomic mass is 32.2. The molecule has 0 radical (unpaired) electrons. The minimum absolute atomic E-state index is 0.648. The Morgan fingerprint density at radius 2 is 1.88 bits per heavy atom. The molecule has 1 aliphatic rings. The molecule has 2 heteroatoms. The van der Waals surface area contributed by atoms with Crippen molar-refractivity contribution in [1.82, 2.24) is 0 Å². The smallest absolute Gasteiger partial charge is 0.0178 e. The molecule has 2 N–H and O–H groups in total. The first-order valence-corrected chi connectivity index (χ1v) is 7.33. The van der Waals surface area contributed by atoms with Gasteiger partial charge in [-0.2, -0.15) is 11.8 Å². The predicted octanol–water partition coefficient (Wildman–Crippen LogP) is 3.39. The first kappa shape index (κ1) is 12.0. The van der Waals surface area contributed by atoms with Gasteiger partial charge in [0.25, 0.3) is 0 Å². The summed E-state index contributed by atoms with van der Waals surface area (Å²) in [7, 11) is 0. The van der Waals surface area contributed by atoms with Gasteiger partial charge >= 0.3 is 0 Å². The summed E-state index contributed by atoms with van der Waals surface area (Å²) in [5, 5.41) is 0. The zero-order chi connectivity index (χ0) is 11.4. The number of thioether (sulfide) groups is 1. The largest absolute Gasteiger partial charge is 0.326 e. The Bertz CT molecular complexity index is 314. The highest BCUT2D eigenvalue weighted by molar-refractivity contribution is 7.99. The predicted molar refractivity (Wildman–Crippen MR) is 72.8 cm³/mol. The van der Waals surface area contributed by atoms with Gasteiger partial charge in [-0.1, -0.05) is 31.2 Å². The van der Waals surface area contributed by atoms with Crippen molar-refractivity contribution in [3.63, 3.8) is 0 Å². The van der Waals surface area contributed by atoms with Crippen LogP contribution in [0.1, 0.15) is 36.8 Å². The van der Waals surface area contributed by atoms with Crippen LogP contribution in [0.25, 0.3) is 0 Å². The van der Waals surface area contributed by atoms with E-state index in [-0.39, 0.29) is 0 Å². The van der Waals surface area contributed by atoms with Crippen LogP contribution >= 0.6 is 11.8 Å². The summed E-state index contributed by atoms with van der Waals surface area (Å²) in [6, 6.07) is 8.86. The lowest BCUT2D eigenvalue weighted by Gasteiger charge is -2.27. The van der Waals surface area contributed by atoms with E-state index in [1.807, 2.05) is 0 Å². The van der Waals surface area contributed by atoms with Gasteiger partial charge in [0.1, 0.15) is 0 Å². The highest BCUT2D eigenvalue weighted by Crippen LogP contribution is 2.34. The maximum Gasteiger partial charge on any atom is 0.0178 e. The Hall–Kier alpha value is -0.470. The first-order chi connectivity index (χ1) is 7.81. The molecule has 2 rings (SSSR count). The van der Waals surface area contributed by atoms with Crippen molar-refractivity contribution in [3.05, 3.63) is 35.4 Å². The minimum atomic E-state index is 0.648. The van der Waals surface area contributed by atoms with Crippen molar-refractivity contribution in [2.75, 3.05) is 11.5 Å². The summed E-state index contributed by atoms with van der Waals surface area (Å²) in [5.41, 5.74) is 8.33. The number of hydrogen-bond acceptors (Lipinski definition) is 2. The Morgan fingerprint density at radius 1 is 1.25 bits per heavy atom. The van der Waals surface area contributed by atoms with Crippen molar-refractivity contribution >= 4 is 11.8 Å². The molecule has 1 aliphatic heterocycles. The second-order valence-electron chi connectivity index (χ2n) is 4.68.